The van der Waals surface area contributed by atoms with Crippen LogP contribution in [0.3, 0.4) is 0 Å². The van der Waals surface area contributed by atoms with Crippen molar-refractivity contribution in [1.82, 2.24) is 9.88 Å². The maximum atomic E-state index is 13.0. The van der Waals surface area contributed by atoms with E-state index < -0.39 is 17.7 Å². The summed E-state index contributed by atoms with van der Waals surface area (Å²) in [7, 11) is 0. The van der Waals surface area contributed by atoms with E-state index in [4.69, 9.17) is 5.73 Å². The van der Waals surface area contributed by atoms with E-state index in [1.54, 1.807) is 4.90 Å². The summed E-state index contributed by atoms with van der Waals surface area (Å²) in [4.78, 5) is 42.4. The number of pyridine rings is 1. The fraction of sp³-hybridized carbons (Fsp3) is 0.333. The van der Waals surface area contributed by atoms with E-state index in [0.717, 1.165) is 24.8 Å². The molecule has 1 saturated heterocycles. The summed E-state index contributed by atoms with van der Waals surface area (Å²) in [6.45, 7) is 2.64. The van der Waals surface area contributed by atoms with Crippen molar-refractivity contribution < 1.29 is 14.4 Å². The summed E-state index contributed by atoms with van der Waals surface area (Å²) >= 11 is 0. The second kappa shape index (κ2) is 8.65. The number of aromatic nitrogens is 1. The molecule has 3 rings (SSSR count). The predicted molar refractivity (Wildman–Crippen MR) is 105 cm³/mol. The first kappa shape index (κ1) is 19.5. The molecular formula is C21H24N4O3. The molecule has 2 atom stereocenters. The van der Waals surface area contributed by atoms with Gasteiger partial charge in [0, 0.05) is 12.7 Å². The van der Waals surface area contributed by atoms with Crippen molar-refractivity contribution in [3.8, 4) is 0 Å². The first-order chi connectivity index (χ1) is 13.5. The predicted octanol–water partition coefficient (Wildman–Crippen LogP) is 2.51. The van der Waals surface area contributed by atoms with E-state index in [0.29, 0.717) is 12.5 Å². The lowest BCUT2D eigenvalue weighted by molar-refractivity contribution is -0.146. The number of primary amides is 1. The zero-order valence-electron chi connectivity index (χ0n) is 15.8. The summed E-state index contributed by atoms with van der Waals surface area (Å²) in [6.07, 6.45) is 5.48. The molecule has 7 heteroatoms. The van der Waals surface area contributed by atoms with Gasteiger partial charge in [-0.3, -0.25) is 19.4 Å². The van der Waals surface area contributed by atoms with Gasteiger partial charge in [0.05, 0.1) is 23.5 Å². The van der Waals surface area contributed by atoms with E-state index in [-0.39, 0.29) is 17.3 Å². The van der Waals surface area contributed by atoms with Crippen molar-refractivity contribution in [3.63, 3.8) is 0 Å². The molecule has 3 N–H and O–H groups in total. The molecule has 28 heavy (non-hydrogen) atoms. The Morgan fingerprint density at radius 3 is 2.61 bits per heavy atom. The van der Waals surface area contributed by atoms with Crippen LogP contribution in [0.5, 0.6) is 0 Å². The van der Waals surface area contributed by atoms with Gasteiger partial charge in [-0.05, 0) is 30.4 Å². The molecule has 1 aliphatic rings. The number of likely N-dealkylation sites (tertiary alicyclic amines) is 1. The van der Waals surface area contributed by atoms with Crippen molar-refractivity contribution in [3.05, 3.63) is 59.9 Å². The van der Waals surface area contributed by atoms with Crippen LogP contribution in [-0.4, -0.2) is 34.2 Å². The van der Waals surface area contributed by atoms with Crippen LogP contribution in [0.4, 0.5) is 5.69 Å². The molecule has 3 amide bonds. The van der Waals surface area contributed by atoms with Crippen LogP contribution in [-0.2, 0) is 9.59 Å². The van der Waals surface area contributed by atoms with Gasteiger partial charge < -0.3 is 16.0 Å². The number of nitrogens with one attached hydrogen (secondary N) is 1. The minimum atomic E-state index is -0.749. The van der Waals surface area contributed by atoms with E-state index in [9.17, 15) is 14.4 Å². The second-order valence-corrected chi connectivity index (χ2v) is 7.02. The smallest absolute Gasteiger partial charge is 0.313 e. The minimum Gasteiger partial charge on any atom is -0.366 e. The number of piperidine rings is 1. The van der Waals surface area contributed by atoms with E-state index >= 15 is 0 Å². The first-order valence-electron chi connectivity index (χ1n) is 9.41. The van der Waals surface area contributed by atoms with Crippen LogP contribution >= 0.6 is 0 Å². The van der Waals surface area contributed by atoms with Gasteiger partial charge in [0.25, 0.3) is 0 Å². The standard InChI is InChI=1S/C21H24N4O3/c1-2-14-8-9-18(15-6-4-3-5-7-15)25(13-14)21(28)20(27)24-17-10-16(19(22)26)11-23-12-17/h3-7,10-12,14,18H,2,8-9,13H2,1H3,(H2,22,26)(H,24,27)/t14-,18+/m1/s1. The molecule has 2 heterocycles. The molecule has 0 aliphatic carbocycles. The fourth-order valence-corrected chi connectivity index (χ4v) is 3.58. The molecule has 1 aromatic carbocycles. The maximum absolute atomic E-state index is 13.0. The Morgan fingerprint density at radius 2 is 1.93 bits per heavy atom. The van der Waals surface area contributed by atoms with Gasteiger partial charge in [-0.25, -0.2) is 0 Å². The van der Waals surface area contributed by atoms with Gasteiger partial charge in [-0.2, -0.15) is 0 Å². The lowest BCUT2D eigenvalue weighted by Gasteiger charge is -2.39. The molecule has 7 nitrogen and oxygen atoms in total. The number of rotatable bonds is 4. The van der Waals surface area contributed by atoms with Crippen LogP contribution < -0.4 is 11.1 Å². The topological polar surface area (TPSA) is 105 Å². The molecule has 0 saturated carbocycles. The third-order valence-electron chi connectivity index (χ3n) is 5.18. The first-order valence-corrected chi connectivity index (χ1v) is 9.41. The van der Waals surface area contributed by atoms with Crippen LogP contribution in [0.25, 0.3) is 0 Å². The molecule has 1 fully saturated rings. The van der Waals surface area contributed by atoms with Gasteiger partial charge in [-0.1, -0.05) is 43.7 Å². The minimum absolute atomic E-state index is 0.127. The molecule has 1 aromatic heterocycles. The Morgan fingerprint density at radius 1 is 1.18 bits per heavy atom. The zero-order valence-corrected chi connectivity index (χ0v) is 15.8. The van der Waals surface area contributed by atoms with E-state index in [1.165, 1.54) is 18.5 Å². The van der Waals surface area contributed by atoms with Gasteiger partial charge in [0.2, 0.25) is 5.91 Å². The van der Waals surface area contributed by atoms with Gasteiger partial charge in [0.1, 0.15) is 0 Å². The van der Waals surface area contributed by atoms with Crippen LogP contribution in [0.1, 0.15) is 48.1 Å². The fourth-order valence-electron chi connectivity index (χ4n) is 3.58. The maximum Gasteiger partial charge on any atom is 0.313 e. The lowest BCUT2D eigenvalue weighted by Crippen LogP contribution is -2.46. The number of hydrogen-bond acceptors (Lipinski definition) is 4. The highest BCUT2D eigenvalue weighted by molar-refractivity contribution is 6.39. The SMILES string of the molecule is CC[C@@H]1CC[C@@H](c2ccccc2)N(C(=O)C(=O)Nc2cncc(C(N)=O)c2)C1. The van der Waals surface area contributed by atoms with Crippen LogP contribution in [0.2, 0.25) is 0 Å². The number of carbonyl (C=O) groups excluding carboxylic acids is 3. The highest BCUT2D eigenvalue weighted by Crippen LogP contribution is 2.34. The zero-order chi connectivity index (χ0) is 20.1. The van der Waals surface area contributed by atoms with E-state index in [1.807, 2.05) is 30.3 Å². The Hall–Kier alpha value is -3.22. The third-order valence-corrected chi connectivity index (χ3v) is 5.18. The number of anilines is 1. The normalized spacial score (nSPS) is 19.1. The van der Waals surface area contributed by atoms with Crippen molar-refractivity contribution in [2.75, 3.05) is 11.9 Å². The second-order valence-electron chi connectivity index (χ2n) is 7.02. The van der Waals surface area contributed by atoms with Gasteiger partial charge >= 0.3 is 11.8 Å². The van der Waals surface area contributed by atoms with Crippen molar-refractivity contribution >= 4 is 23.4 Å². The summed E-state index contributed by atoms with van der Waals surface area (Å²) in [5.41, 5.74) is 6.68. The Balaban J connectivity index is 1.79. The molecule has 0 unspecified atom stereocenters. The largest absolute Gasteiger partial charge is 0.366 e. The quantitative estimate of drug-likeness (QED) is 0.795. The molecular weight excluding hydrogens is 356 g/mol. The molecule has 1 aliphatic heterocycles. The molecule has 0 radical (unpaired) electrons. The van der Waals surface area contributed by atoms with Gasteiger partial charge in [-0.15, -0.1) is 0 Å². The summed E-state index contributed by atoms with van der Waals surface area (Å²) < 4.78 is 0. The summed E-state index contributed by atoms with van der Waals surface area (Å²) in [6, 6.07) is 11.0. The number of hydrogen-bond donors (Lipinski definition) is 2. The average molecular weight is 380 g/mol. The Kier molecular flexibility index (Phi) is 6.03. The summed E-state index contributed by atoms with van der Waals surface area (Å²) in [5.74, 6) is -1.62. The third kappa shape index (κ3) is 4.36. The summed E-state index contributed by atoms with van der Waals surface area (Å²) in [5, 5.41) is 2.54. The number of nitrogens with two attached hydrogens (primary N) is 1. The molecule has 2 aromatic rings. The van der Waals surface area contributed by atoms with Crippen molar-refractivity contribution in [2.24, 2.45) is 11.7 Å². The van der Waals surface area contributed by atoms with Crippen LogP contribution in [0.15, 0.2) is 48.8 Å². The lowest BCUT2D eigenvalue weighted by atomic mass is 9.87. The van der Waals surface area contributed by atoms with Crippen molar-refractivity contribution in [2.45, 2.75) is 32.2 Å². The average Bonchev–Trinajstić information content (AvgIpc) is 2.73. The Labute approximate surface area is 163 Å². The van der Waals surface area contributed by atoms with Crippen molar-refractivity contribution in [1.29, 1.82) is 0 Å². The number of nitrogens with zero attached hydrogens (tertiary/aromatic N) is 2. The van der Waals surface area contributed by atoms with Gasteiger partial charge in [0.15, 0.2) is 0 Å². The molecule has 0 bridgehead atoms. The number of amides is 3. The monoisotopic (exact) mass is 380 g/mol. The highest BCUT2D eigenvalue weighted by Gasteiger charge is 2.34. The van der Waals surface area contributed by atoms with Crippen LogP contribution in [0, 0.1) is 5.92 Å². The number of benzene rings is 1. The van der Waals surface area contributed by atoms with E-state index in [2.05, 4.69) is 17.2 Å². The molecule has 146 valence electrons. The molecule has 0 spiro atoms. The Bertz CT molecular complexity index is 869. The number of carbonyl (C=O) groups is 3. The highest BCUT2D eigenvalue weighted by atomic mass is 16.2.